The van der Waals surface area contributed by atoms with Gasteiger partial charge >= 0.3 is 6.18 Å². The van der Waals surface area contributed by atoms with Gasteiger partial charge in [0, 0.05) is 19.0 Å². The number of amides is 2. The standard InChI is InChI=1S/C37H37ClF3N3O4S/c1-26-12-8-9-15-28(26)24-43(34(22-27-13-4-2-5-14-27)36(46)42-30-16-10-11-17-30)35(45)25-44(49(47,48)31-18-6-3-7-19-31)33-23-29(37(39,40)41)20-21-32(33)38/h2-9,12-15,18-21,23,30,34H,10-11,16-17,22,24-25H2,1H3,(H,42,46). The fourth-order valence-corrected chi connectivity index (χ4v) is 7.72. The van der Waals surface area contributed by atoms with Gasteiger partial charge in [0.2, 0.25) is 11.8 Å². The number of aryl methyl sites for hydroxylation is 1. The third kappa shape index (κ3) is 8.82. The summed E-state index contributed by atoms with van der Waals surface area (Å²) in [5, 5.41) is 2.80. The Morgan fingerprint density at radius 3 is 2.14 bits per heavy atom. The third-order valence-electron chi connectivity index (χ3n) is 8.73. The van der Waals surface area contributed by atoms with E-state index in [2.05, 4.69) is 5.32 Å². The fourth-order valence-electron chi connectivity index (χ4n) is 6.01. The van der Waals surface area contributed by atoms with E-state index in [9.17, 15) is 31.2 Å². The number of carbonyl (C=O) groups is 2. The van der Waals surface area contributed by atoms with E-state index in [0.29, 0.717) is 10.4 Å². The van der Waals surface area contributed by atoms with Gasteiger partial charge in [-0.25, -0.2) is 8.42 Å². The van der Waals surface area contributed by atoms with Crippen LogP contribution in [0.2, 0.25) is 5.02 Å². The van der Waals surface area contributed by atoms with Crippen molar-refractivity contribution in [2.45, 2.75) is 68.7 Å². The zero-order valence-corrected chi connectivity index (χ0v) is 28.4. The molecule has 1 aliphatic carbocycles. The van der Waals surface area contributed by atoms with E-state index in [4.69, 9.17) is 11.6 Å². The Bertz CT molecular complexity index is 1870. The zero-order chi connectivity index (χ0) is 35.2. The number of benzene rings is 4. The van der Waals surface area contributed by atoms with Crippen LogP contribution in [0.1, 0.15) is 47.9 Å². The number of halogens is 4. The van der Waals surface area contributed by atoms with Crippen molar-refractivity contribution in [1.82, 2.24) is 10.2 Å². The van der Waals surface area contributed by atoms with Crippen molar-refractivity contribution >= 4 is 39.1 Å². The molecule has 4 aromatic rings. The zero-order valence-electron chi connectivity index (χ0n) is 26.9. The first-order valence-corrected chi connectivity index (χ1v) is 17.8. The molecule has 2 amide bonds. The van der Waals surface area contributed by atoms with Crippen LogP contribution in [0.25, 0.3) is 0 Å². The van der Waals surface area contributed by atoms with Crippen LogP contribution >= 0.6 is 11.6 Å². The van der Waals surface area contributed by atoms with Gasteiger partial charge < -0.3 is 10.2 Å². The molecular formula is C37H37ClF3N3O4S. The van der Waals surface area contributed by atoms with Gasteiger partial charge in [-0.1, -0.05) is 97.2 Å². The third-order valence-corrected chi connectivity index (χ3v) is 10.8. The lowest BCUT2D eigenvalue weighted by Gasteiger charge is -2.35. The summed E-state index contributed by atoms with van der Waals surface area (Å²) in [6.45, 7) is 0.875. The number of nitrogens with zero attached hydrogens (tertiary/aromatic N) is 2. The first-order valence-electron chi connectivity index (χ1n) is 16.0. The van der Waals surface area contributed by atoms with Crippen molar-refractivity contribution in [2.24, 2.45) is 0 Å². The predicted octanol–water partition coefficient (Wildman–Crippen LogP) is 7.56. The summed E-state index contributed by atoms with van der Waals surface area (Å²) < 4.78 is 70.6. The van der Waals surface area contributed by atoms with Crippen molar-refractivity contribution in [1.29, 1.82) is 0 Å². The molecule has 0 heterocycles. The minimum Gasteiger partial charge on any atom is -0.352 e. The number of nitrogens with one attached hydrogen (secondary N) is 1. The lowest BCUT2D eigenvalue weighted by molar-refractivity contribution is -0.140. The molecular weight excluding hydrogens is 675 g/mol. The Morgan fingerprint density at radius 1 is 0.898 bits per heavy atom. The molecule has 0 aromatic heterocycles. The van der Waals surface area contributed by atoms with Crippen LogP contribution in [-0.2, 0) is 38.8 Å². The van der Waals surface area contributed by atoms with Crippen molar-refractivity contribution in [2.75, 3.05) is 10.8 Å². The molecule has 0 bridgehead atoms. The Hall–Kier alpha value is -4.35. The first-order chi connectivity index (χ1) is 23.3. The maximum atomic E-state index is 14.7. The Morgan fingerprint density at radius 2 is 1.51 bits per heavy atom. The van der Waals surface area contributed by atoms with Crippen molar-refractivity contribution in [3.8, 4) is 0 Å². The summed E-state index contributed by atoms with van der Waals surface area (Å²) in [7, 11) is -4.64. The Balaban J connectivity index is 1.62. The molecule has 1 fully saturated rings. The number of anilines is 1. The van der Waals surface area contributed by atoms with E-state index in [-0.39, 0.29) is 28.9 Å². The molecule has 0 saturated heterocycles. The molecule has 49 heavy (non-hydrogen) atoms. The SMILES string of the molecule is Cc1ccccc1CN(C(=O)CN(c1cc(C(F)(F)F)ccc1Cl)S(=O)(=O)c1ccccc1)C(Cc1ccccc1)C(=O)NC1CCCC1. The normalized spacial score (nSPS) is 14.3. The van der Waals surface area contributed by atoms with Gasteiger partial charge in [-0.2, -0.15) is 13.2 Å². The molecule has 1 aliphatic rings. The molecule has 12 heteroatoms. The molecule has 1 N–H and O–H groups in total. The molecule has 1 saturated carbocycles. The van der Waals surface area contributed by atoms with E-state index in [1.165, 1.54) is 29.2 Å². The van der Waals surface area contributed by atoms with Crippen LogP contribution in [0.3, 0.4) is 0 Å². The van der Waals surface area contributed by atoms with E-state index >= 15 is 0 Å². The lowest BCUT2D eigenvalue weighted by Crippen LogP contribution is -2.54. The highest BCUT2D eigenvalue weighted by Crippen LogP contribution is 2.37. The summed E-state index contributed by atoms with van der Waals surface area (Å²) in [5.41, 5.74) is 0.676. The minimum atomic E-state index is -4.82. The van der Waals surface area contributed by atoms with Crippen LogP contribution < -0.4 is 9.62 Å². The van der Waals surface area contributed by atoms with Gasteiger partial charge in [0.15, 0.2) is 0 Å². The number of sulfonamides is 1. The molecule has 0 spiro atoms. The van der Waals surface area contributed by atoms with E-state index in [1.54, 1.807) is 12.1 Å². The molecule has 1 unspecified atom stereocenters. The van der Waals surface area contributed by atoms with Gasteiger partial charge in [-0.05, 0) is 66.8 Å². The van der Waals surface area contributed by atoms with Crippen LogP contribution in [0.5, 0.6) is 0 Å². The van der Waals surface area contributed by atoms with E-state index in [1.807, 2.05) is 55.5 Å². The maximum Gasteiger partial charge on any atom is 0.416 e. The largest absolute Gasteiger partial charge is 0.416 e. The van der Waals surface area contributed by atoms with E-state index < -0.39 is 51.9 Å². The molecule has 0 aliphatic heterocycles. The quantitative estimate of drug-likeness (QED) is 0.164. The lowest BCUT2D eigenvalue weighted by atomic mass is 10.0. The summed E-state index contributed by atoms with van der Waals surface area (Å²) in [6, 6.07) is 24.7. The van der Waals surface area contributed by atoms with Crippen LogP contribution in [0.15, 0.2) is 108 Å². The monoisotopic (exact) mass is 711 g/mol. The number of hydrogen-bond acceptors (Lipinski definition) is 4. The number of carbonyl (C=O) groups excluding carboxylic acids is 2. The van der Waals surface area contributed by atoms with Crippen LogP contribution in [0.4, 0.5) is 18.9 Å². The molecule has 7 nitrogen and oxygen atoms in total. The summed E-state index contributed by atoms with van der Waals surface area (Å²) in [5.74, 6) is -1.19. The van der Waals surface area contributed by atoms with E-state index in [0.717, 1.165) is 54.5 Å². The molecule has 5 rings (SSSR count). The first kappa shape index (κ1) is 35.9. The fraction of sp³-hybridized carbons (Fsp3) is 0.297. The molecule has 1 atom stereocenters. The number of hydrogen-bond donors (Lipinski definition) is 1. The van der Waals surface area contributed by atoms with Crippen LogP contribution in [-0.4, -0.2) is 43.8 Å². The second-order valence-electron chi connectivity index (χ2n) is 12.1. The summed E-state index contributed by atoms with van der Waals surface area (Å²) in [6.07, 6.45) is -1.18. The number of alkyl halides is 3. The van der Waals surface area contributed by atoms with Gasteiger partial charge in [0.25, 0.3) is 10.0 Å². The number of rotatable bonds is 12. The van der Waals surface area contributed by atoms with Gasteiger partial charge in [0.05, 0.1) is 21.2 Å². The molecule has 4 aromatic carbocycles. The second kappa shape index (κ2) is 15.5. The minimum absolute atomic E-state index is 0.0589. The van der Waals surface area contributed by atoms with Gasteiger partial charge in [0.1, 0.15) is 12.6 Å². The average Bonchev–Trinajstić information content (AvgIpc) is 3.59. The molecule has 0 radical (unpaired) electrons. The predicted molar refractivity (Wildman–Crippen MR) is 183 cm³/mol. The Labute approximate surface area is 289 Å². The second-order valence-corrected chi connectivity index (χ2v) is 14.4. The van der Waals surface area contributed by atoms with Crippen molar-refractivity contribution < 1.29 is 31.2 Å². The van der Waals surface area contributed by atoms with Gasteiger partial charge in [-0.15, -0.1) is 0 Å². The average molecular weight is 712 g/mol. The van der Waals surface area contributed by atoms with Crippen molar-refractivity contribution in [3.05, 3.63) is 130 Å². The van der Waals surface area contributed by atoms with Gasteiger partial charge in [-0.3, -0.25) is 13.9 Å². The summed E-state index contributed by atoms with van der Waals surface area (Å²) >= 11 is 6.40. The smallest absolute Gasteiger partial charge is 0.352 e. The summed E-state index contributed by atoms with van der Waals surface area (Å²) in [4.78, 5) is 29.9. The maximum absolute atomic E-state index is 14.7. The molecule has 258 valence electrons. The Kier molecular flexibility index (Phi) is 11.3. The highest BCUT2D eigenvalue weighted by Gasteiger charge is 2.38. The highest BCUT2D eigenvalue weighted by atomic mass is 35.5. The topological polar surface area (TPSA) is 86.8 Å². The van der Waals surface area contributed by atoms with Crippen molar-refractivity contribution in [3.63, 3.8) is 0 Å². The van der Waals surface area contributed by atoms with Crippen LogP contribution in [0, 0.1) is 6.92 Å². The highest BCUT2D eigenvalue weighted by molar-refractivity contribution is 7.92.